The number of nitrogens with two attached hydrogens (primary N) is 1. The topological polar surface area (TPSA) is 117 Å². The molecule has 84 valence electrons. The fourth-order valence-electron chi connectivity index (χ4n) is 0.865. The largest absolute Gasteiger partial charge is 0.396 e. The molecule has 7 heteroatoms. The Labute approximate surface area is 87.1 Å². The minimum Gasteiger partial charge on any atom is -0.396 e. The molecule has 0 aliphatic rings. The van der Waals surface area contributed by atoms with E-state index in [0.717, 1.165) is 0 Å². The Hall–Kier alpha value is -1.63. The number of amides is 1. The SMILES string of the molecule is CC(C)(CO)CNC(=O)c1n[nH]nc1N. The second-order valence-electron chi connectivity index (χ2n) is 4.06. The van der Waals surface area contributed by atoms with Crippen LogP contribution in [0.2, 0.25) is 0 Å². The molecule has 1 amide bonds. The number of hydrogen-bond donors (Lipinski definition) is 4. The van der Waals surface area contributed by atoms with Gasteiger partial charge in [-0.3, -0.25) is 4.79 Å². The summed E-state index contributed by atoms with van der Waals surface area (Å²) in [5, 5.41) is 21.0. The van der Waals surface area contributed by atoms with Gasteiger partial charge in [-0.05, 0) is 0 Å². The van der Waals surface area contributed by atoms with Crippen molar-refractivity contribution in [2.45, 2.75) is 13.8 Å². The molecule has 0 fully saturated rings. The van der Waals surface area contributed by atoms with Crippen LogP contribution in [0.25, 0.3) is 0 Å². The van der Waals surface area contributed by atoms with E-state index in [-0.39, 0.29) is 23.5 Å². The number of aliphatic hydroxyl groups is 1. The quantitative estimate of drug-likeness (QED) is 0.519. The summed E-state index contributed by atoms with van der Waals surface area (Å²) in [5.41, 5.74) is 5.10. The van der Waals surface area contributed by atoms with Gasteiger partial charge in [-0.2, -0.15) is 5.21 Å². The highest BCUT2D eigenvalue weighted by molar-refractivity contribution is 5.96. The predicted molar refractivity (Wildman–Crippen MR) is 54.0 cm³/mol. The standard InChI is InChI=1S/C8H15N5O2/c1-8(2,4-14)3-10-7(15)5-6(9)12-13-11-5/h14H,3-4H2,1-2H3,(H,10,15)(H3,9,11,12,13). The molecule has 0 atom stereocenters. The van der Waals surface area contributed by atoms with Crippen molar-refractivity contribution in [3.05, 3.63) is 5.69 Å². The van der Waals surface area contributed by atoms with Crippen molar-refractivity contribution < 1.29 is 9.90 Å². The first-order chi connectivity index (χ1) is 6.96. The summed E-state index contributed by atoms with van der Waals surface area (Å²) in [4.78, 5) is 11.5. The smallest absolute Gasteiger partial charge is 0.275 e. The second kappa shape index (κ2) is 4.26. The van der Waals surface area contributed by atoms with Crippen LogP contribution in [0.4, 0.5) is 5.82 Å². The number of carbonyl (C=O) groups excluding carboxylic acids is 1. The van der Waals surface area contributed by atoms with Crippen LogP contribution >= 0.6 is 0 Å². The van der Waals surface area contributed by atoms with Crippen molar-refractivity contribution in [1.82, 2.24) is 20.7 Å². The minimum atomic E-state index is -0.400. The Balaban J connectivity index is 2.55. The number of aromatic nitrogens is 3. The van der Waals surface area contributed by atoms with E-state index in [1.807, 2.05) is 13.8 Å². The highest BCUT2D eigenvalue weighted by Crippen LogP contribution is 2.11. The third-order valence-electron chi connectivity index (χ3n) is 1.95. The van der Waals surface area contributed by atoms with Crippen LogP contribution in [-0.2, 0) is 0 Å². The molecule has 0 radical (unpaired) electrons. The van der Waals surface area contributed by atoms with Gasteiger partial charge in [0.1, 0.15) is 0 Å². The third kappa shape index (κ3) is 2.91. The van der Waals surface area contributed by atoms with Gasteiger partial charge in [-0.15, -0.1) is 10.2 Å². The van der Waals surface area contributed by atoms with Crippen molar-refractivity contribution in [2.24, 2.45) is 5.41 Å². The maximum atomic E-state index is 11.5. The van der Waals surface area contributed by atoms with E-state index in [1.54, 1.807) is 0 Å². The lowest BCUT2D eigenvalue weighted by atomic mass is 9.95. The molecule has 0 aliphatic heterocycles. The number of nitrogens with zero attached hydrogens (tertiary/aromatic N) is 2. The van der Waals surface area contributed by atoms with Crippen molar-refractivity contribution in [3.63, 3.8) is 0 Å². The van der Waals surface area contributed by atoms with Gasteiger partial charge in [0.05, 0.1) is 0 Å². The van der Waals surface area contributed by atoms with Gasteiger partial charge in [-0.1, -0.05) is 13.8 Å². The number of carbonyl (C=O) groups is 1. The first kappa shape index (κ1) is 11.4. The Bertz CT molecular complexity index is 347. The van der Waals surface area contributed by atoms with E-state index in [9.17, 15) is 4.79 Å². The second-order valence-corrected chi connectivity index (χ2v) is 4.06. The Morgan fingerprint density at radius 2 is 2.27 bits per heavy atom. The van der Waals surface area contributed by atoms with Crippen molar-refractivity contribution in [1.29, 1.82) is 0 Å². The lowest BCUT2D eigenvalue weighted by Crippen LogP contribution is -2.36. The van der Waals surface area contributed by atoms with E-state index < -0.39 is 5.91 Å². The predicted octanol–water partition coefficient (Wildman–Crippen LogP) is -0.865. The summed E-state index contributed by atoms with van der Waals surface area (Å²) in [6, 6.07) is 0. The zero-order valence-corrected chi connectivity index (χ0v) is 8.74. The Kier molecular flexibility index (Phi) is 3.25. The monoisotopic (exact) mass is 213 g/mol. The fraction of sp³-hybridized carbons (Fsp3) is 0.625. The molecule has 0 unspecified atom stereocenters. The molecular weight excluding hydrogens is 198 g/mol. The molecule has 1 rings (SSSR count). The molecule has 1 aromatic rings. The molecule has 0 aliphatic carbocycles. The summed E-state index contributed by atoms with van der Waals surface area (Å²) in [7, 11) is 0. The van der Waals surface area contributed by atoms with Crippen LogP contribution in [-0.4, -0.2) is 39.6 Å². The first-order valence-corrected chi connectivity index (χ1v) is 4.51. The van der Waals surface area contributed by atoms with E-state index in [0.29, 0.717) is 6.54 Å². The Morgan fingerprint density at radius 3 is 2.73 bits per heavy atom. The van der Waals surface area contributed by atoms with Gasteiger partial charge in [0.2, 0.25) is 0 Å². The number of nitrogen functional groups attached to an aromatic ring is 1. The number of aromatic amines is 1. The molecule has 5 N–H and O–H groups in total. The molecule has 0 aromatic carbocycles. The highest BCUT2D eigenvalue weighted by Gasteiger charge is 2.20. The van der Waals surface area contributed by atoms with Crippen molar-refractivity contribution in [3.8, 4) is 0 Å². The molecule has 0 saturated heterocycles. The molecule has 0 bridgehead atoms. The fourth-order valence-corrected chi connectivity index (χ4v) is 0.865. The zero-order valence-electron chi connectivity index (χ0n) is 8.74. The van der Waals surface area contributed by atoms with E-state index in [2.05, 4.69) is 20.7 Å². The van der Waals surface area contributed by atoms with Crippen LogP contribution in [0.15, 0.2) is 0 Å². The van der Waals surface area contributed by atoms with Crippen molar-refractivity contribution >= 4 is 11.7 Å². The average molecular weight is 213 g/mol. The van der Waals surface area contributed by atoms with Crippen LogP contribution in [0, 0.1) is 5.41 Å². The summed E-state index contributed by atoms with van der Waals surface area (Å²) < 4.78 is 0. The van der Waals surface area contributed by atoms with Gasteiger partial charge in [0.25, 0.3) is 5.91 Å². The number of aliphatic hydroxyl groups excluding tert-OH is 1. The summed E-state index contributed by atoms with van der Waals surface area (Å²) in [6.45, 7) is 4.00. The highest BCUT2D eigenvalue weighted by atomic mass is 16.3. The van der Waals surface area contributed by atoms with Gasteiger partial charge >= 0.3 is 0 Å². The van der Waals surface area contributed by atoms with Gasteiger partial charge in [0, 0.05) is 18.6 Å². The average Bonchev–Trinajstić information content (AvgIpc) is 2.61. The number of nitrogens with one attached hydrogen (secondary N) is 2. The third-order valence-corrected chi connectivity index (χ3v) is 1.95. The zero-order chi connectivity index (χ0) is 11.5. The maximum Gasteiger partial charge on any atom is 0.275 e. The number of H-pyrrole nitrogens is 1. The number of anilines is 1. The molecule has 7 nitrogen and oxygen atoms in total. The molecule has 1 heterocycles. The number of rotatable bonds is 4. The molecule has 15 heavy (non-hydrogen) atoms. The van der Waals surface area contributed by atoms with E-state index >= 15 is 0 Å². The lowest BCUT2D eigenvalue weighted by molar-refractivity contribution is 0.0907. The summed E-state index contributed by atoms with van der Waals surface area (Å²) in [6.07, 6.45) is 0. The van der Waals surface area contributed by atoms with E-state index in [4.69, 9.17) is 10.8 Å². The van der Waals surface area contributed by atoms with Gasteiger partial charge in [0.15, 0.2) is 11.5 Å². The first-order valence-electron chi connectivity index (χ1n) is 4.51. The van der Waals surface area contributed by atoms with Crippen molar-refractivity contribution in [2.75, 3.05) is 18.9 Å². The Morgan fingerprint density at radius 1 is 1.60 bits per heavy atom. The normalized spacial score (nSPS) is 11.4. The maximum absolute atomic E-state index is 11.5. The molecule has 0 saturated carbocycles. The summed E-state index contributed by atoms with van der Waals surface area (Å²) in [5.74, 6) is -0.336. The number of hydrogen-bond acceptors (Lipinski definition) is 5. The molecule has 1 aromatic heterocycles. The minimum absolute atomic E-state index is 0.0123. The van der Waals surface area contributed by atoms with Crippen LogP contribution < -0.4 is 11.1 Å². The van der Waals surface area contributed by atoms with Crippen LogP contribution in [0.5, 0.6) is 0 Å². The lowest BCUT2D eigenvalue weighted by Gasteiger charge is -2.21. The van der Waals surface area contributed by atoms with Crippen LogP contribution in [0.3, 0.4) is 0 Å². The summed E-state index contributed by atoms with van der Waals surface area (Å²) >= 11 is 0. The molecule has 0 spiro atoms. The molecular formula is C8H15N5O2. The van der Waals surface area contributed by atoms with Gasteiger partial charge < -0.3 is 16.2 Å². The van der Waals surface area contributed by atoms with Crippen LogP contribution in [0.1, 0.15) is 24.3 Å². The van der Waals surface area contributed by atoms with E-state index in [1.165, 1.54) is 0 Å². The van der Waals surface area contributed by atoms with Gasteiger partial charge in [-0.25, -0.2) is 0 Å².